The first kappa shape index (κ1) is 21.9. The smallest absolute Gasteiger partial charge is 0.246 e. The van der Waals surface area contributed by atoms with Gasteiger partial charge in [-0.3, -0.25) is 4.79 Å². The monoisotopic (exact) mass is 470 g/mol. The highest BCUT2D eigenvalue weighted by Crippen LogP contribution is 2.11. The van der Waals surface area contributed by atoms with Crippen LogP contribution in [0.2, 0.25) is 0 Å². The van der Waals surface area contributed by atoms with Gasteiger partial charge in [0.15, 0.2) is 5.96 Å². The fourth-order valence-electron chi connectivity index (χ4n) is 2.23. The average molecular weight is 470 g/mol. The number of nitrogens with zero attached hydrogens (tertiary/aromatic N) is 1. The van der Waals surface area contributed by atoms with Crippen LogP contribution in [0.25, 0.3) is 0 Å². The van der Waals surface area contributed by atoms with Gasteiger partial charge in [-0.05, 0) is 43.7 Å². The second kappa shape index (κ2) is 11.5. The fourth-order valence-corrected chi connectivity index (χ4v) is 2.23. The van der Waals surface area contributed by atoms with Crippen LogP contribution in [0.5, 0.6) is 0 Å². The van der Waals surface area contributed by atoms with Crippen LogP contribution in [-0.4, -0.2) is 25.0 Å². The minimum atomic E-state index is -0.343. The molecule has 2 aromatic carbocycles. The van der Waals surface area contributed by atoms with Gasteiger partial charge in [0.1, 0.15) is 12.4 Å². The summed E-state index contributed by atoms with van der Waals surface area (Å²) in [6.45, 7) is 4.64. The van der Waals surface area contributed by atoms with Crippen molar-refractivity contribution in [1.82, 2.24) is 10.6 Å². The molecule has 0 fully saturated rings. The van der Waals surface area contributed by atoms with Gasteiger partial charge in [-0.1, -0.05) is 30.3 Å². The average Bonchev–Trinajstić information content (AvgIpc) is 2.62. The molecule has 1 unspecified atom stereocenters. The van der Waals surface area contributed by atoms with E-state index in [-0.39, 0.29) is 48.3 Å². The molecular weight excluding hydrogens is 446 g/mol. The van der Waals surface area contributed by atoms with Gasteiger partial charge in [0.2, 0.25) is 5.91 Å². The van der Waals surface area contributed by atoms with Crippen LogP contribution in [0, 0.1) is 5.82 Å². The van der Waals surface area contributed by atoms with Crippen molar-refractivity contribution in [2.24, 2.45) is 4.99 Å². The lowest BCUT2D eigenvalue weighted by molar-refractivity contribution is -0.114. The quantitative estimate of drug-likeness (QED) is 0.343. The summed E-state index contributed by atoms with van der Waals surface area (Å²) in [5.74, 6) is -0.0474. The second-order valence-corrected chi connectivity index (χ2v) is 5.53. The van der Waals surface area contributed by atoms with E-state index in [1.807, 2.05) is 44.2 Å². The van der Waals surface area contributed by atoms with Crippen molar-refractivity contribution in [1.29, 1.82) is 0 Å². The summed E-state index contributed by atoms with van der Waals surface area (Å²) >= 11 is 0. The molecule has 0 radical (unpaired) electrons. The third-order valence-corrected chi connectivity index (χ3v) is 3.51. The summed E-state index contributed by atoms with van der Waals surface area (Å²) in [4.78, 5) is 16.3. The summed E-state index contributed by atoms with van der Waals surface area (Å²) in [5.41, 5.74) is 1.67. The number of hydrogen-bond donors (Lipinski definition) is 3. The summed E-state index contributed by atoms with van der Waals surface area (Å²) in [7, 11) is 0. The first-order valence-corrected chi connectivity index (χ1v) is 8.23. The van der Waals surface area contributed by atoms with Crippen LogP contribution in [0.4, 0.5) is 10.1 Å². The van der Waals surface area contributed by atoms with Gasteiger partial charge in [-0.2, -0.15) is 0 Å². The first-order chi connectivity index (χ1) is 12.1. The Hall–Kier alpha value is -2.16. The van der Waals surface area contributed by atoms with E-state index in [4.69, 9.17) is 0 Å². The zero-order valence-corrected chi connectivity index (χ0v) is 17.2. The molecule has 0 saturated heterocycles. The predicted octanol–water partition coefficient (Wildman–Crippen LogP) is 3.70. The standard InChI is InChI=1S/C19H23FN4O.HI/c1-3-21-19(23-14(2)15-7-5-4-6-8-15)22-13-18(25)24-17-11-9-16(20)10-12-17;/h4-12,14H,3,13H2,1-2H3,(H,24,25)(H2,21,22,23);1H. The fraction of sp³-hybridized carbons (Fsp3) is 0.263. The molecule has 0 spiro atoms. The first-order valence-electron chi connectivity index (χ1n) is 8.23. The SMILES string of the molecule is CCNC(=NCC(=O)Nc1ccc(F)cc1)NC(C)c1ccccc1.I. The van der Waals surface area contributed by atoms with E-state index in [0.29, 0.717) is 18.2 Å². The molecule has 26 heavy (non-hydrogen) atoms. The Labute approximate surface area is 170 Å². The molecule has 0 aliphatic rings. The summed E-state index contributed by atoms with van der Waals surface area (Å²) in [6.07, 6.45) is 0. The Morgan fingerprint density at radius 1 is 1.12 bits per heavy atom. The maximum absolute atomic E-state index is 12.9. The summed E-state index contributed by atoms with van der Waals surface area (Å²) in [6, 6.07) is 15.7. The van der Waals surface area contributed by atoms with Gasteiger partial charge < -0.3 is 16.0 Å². The Balaban J connectivity index is 0.00000338. The van der Waals surface area contributed by atoms with Gasteiger partial charge in [-0.25, -0.2) is 9.38 Å². The highest BCUT2D eigenvalue weighted by Gasteiger charge is 2.08. The number of amides is 1. The van der Waals surface area contributed by atoms with Gasteiger partial charge >= 0.3 is 0 Å². The van der Waals surface area contributed by atoms with Gasteiger partial charge in [0.25, 0.3) is 0 Å². The van der Waals surface area contributed by atoms with E-state index in [2.05, 4.69) is 20.9 Å². The number of benzene rings is 2. The number of anilines is 1. The molecule has 7 heteroatoms. The summed E-state index contributed by atoms with van der Waals surface area (Å²) < 4.78 is 12.9. The second-order valence-electron chi connectivity index (χ2n) is 5.53. The molecule has 0 aliphatic heterocycles. The zero-order valence-electron chi connectivity index (χ0n) is 14.8. The highest BCUT2D eigenvalue weighted by atomic mass is 127. The van der Waals surface area contributed by atoms with Crippen molar-refractivity contribution >= 4 is 41.5 Å². The number of halogens is 2. The Morgan fingerprint density at radius 3 is 2.38 bits per heavy atom. The lowest BCUT2D eigenvalue weighted by Crippen LogP contribution is -2.39. The molecule has 1 atom stereocenters. The molecule has 1 amide bonds. The van der Waals surface area contributed by atoms with E-state index in [0.717, 1.165) is 5.56 Å². The lowest BCUT2D eigenvalue weighted by Gasteiger charge is -2.18. The van der Waals surface area contributed by atoms with Crippen molar-refractivity contribution in [3.8, 4) is 0 Å². The minimum Gasteiger partial charge on any atom is -0.357 e. The number of aliphatic imine (C=N–C) groups is 1. The largest absolute Gasteiger partial charge is 0.357 e. The minimum absolute atomic E-state index is 0. The van der Waals surface area contributed by atoms with Crippen LogP contribution >= 0.6 is 24.0 Å². The molecule has 0 bridgehead atoms. The van der Waals surface area contributed by atoms with Gasteiger partial charge in [0, 0.05) is 12.2 Å². The van der Waals surface area contributed by atoms with Crippen LogP contribution < -0.4 is 16.0 Å². The number of rotatable bonds is 6. The third kappa shape index (κ3) is 7.38. The molecule has 5 nitrogen and oxygen atoms in total. The molecule has 140 valence electrons. The zero-order chi connectivity index (χ0) is 18.1. The Bertz CT molecular complexity index is 707. The van der Waals surface area contributed by atoms with Crippen LogP contribution in [0.15, 0.2) is 59.6 Å². The van der Waals surface area contributed by atoms with E-state index >= 15 is 0 Å². The maximum atomic E-state index is 12.9. The van der Waals surface area contributed by atoms with Crippen molar-refractivity contribution < 1.29 is 9.18 Å². The van der Waals surface area contributed by atoms with Crippen LogP contribution in [0.3, 0.4) is 0 Å². The lowest BCUT2D eigenvalue weighted by atomic mass is 10.1. The molecule has 3 N–H and O–H groups in total. The number of nitrogens with one attached hydrogen (secondary N) is 3. The molecule has 0 aromatic heterocycles. The molecule has 2 rings (SSSR count). The normalized spacial score (nSPS) is 11.9. The summed E-state index contributed by atoms with van der Waals surface area (Å²) in [5, 5.41) is 9.07. The molecule has 0 saturated carbocycles. The maximum Gasteiger partial charge on any atom is 0.246 e. The third-order valence-electron chi connectivity index (χ3n) is 3.51. The van der Waals surface area contributed by atoms with Crippen LogP contribution in [0.1, 0.15) is 25.5 Å². The van der Waals surface area contributed by atoms with Crippen molar-refractivity contribution in [2.45, 2.75) is 19.9 Å². The van der Waals surface area contributed by atoms with Crippen molar-refractivity contribution in [3.05, 3.63) is 66.0 Å². The number of carbonyl (C=O) groups is 1. The van der Waals surface area contributed by atoms with Gasteiger partial charge in [0.05, 0.1) is 6.04 Å². The molecule has 2 aromatic rings. The number of hydrogen-bond acceptors (Lipinski definition) is 2. The molecular formula is C19H24FIN4O. The number of guanidine groups is 1. The van der Waals surface area contributed by atoms with E-state index in [9.17, 15) is 9.18 Å². The van der Waals surface area contributed by atoms with E-state index < -0.39 is 0 Å². The Kier molecular flexibility index (Phi) is 9.64. The topological polar surface area (TPSA) is 65.5 Å². The van der Waals surface area contributed by atoms with Crippen molar-refractivity contribution in [3.63, 3.8) is 0 Å². The molecule has 0 aliphatic carbocycles. The Morgan fingerprint density at radius 2 is 1.77 bits per heavy atom. The van der Waals surface area contributed by atoms with Crippen molar-refractivity contribution in [2.75, 3.05) is 18.4 Å². The van der Waals surface area contributed by atoms with Gasteiger partial charge in [-0.15, -0.1) is 24.0 Å². The van der Waals surface area contributed by atoms with E-state index in [1.54, 1.807) is 0 Å². The van der Waals surface area contributed by atoms with Crippen LogP contribution in [-0.2, 0) is 4.79 Å². The number of carbonyl (C=O) groups excluding carboxylic acids is 1. The highest BCUT2D eigenvalue weighted by molar-refractivity contribution is 14.0. The molecule has 0 heterocycles. The predicted molar refractivity (Wildman–Crippen MR) is 114 cm³/mol. The van der Waals surface area contributed by atoms with E-state index in [1.165, 1.54) is 24.3 Å².